The molecule has 218 valence electrons. The zero-order chi connectivity index (χ0) is 29.6. The summed E-state index contributed by atoms with van der Waals surface area (Å²) in [5, 5.41) is 24.4. The van der Waals surface area contributed by atoms with Crippen molar-refractivity contribution in [2.24, 2.45) is 5.92 Å². The van der Waals surface area contributed by atoms with Crippen molar-refractivity contribution in [2.75, 3.05) is 19.7 Å². The maximum absolute atomic E-state index is 14.0. The van der Waals surface area contributed by atoms with Gasteiger partial charge in [-0.3, -0.25) is 9.59 Å². The van der Waals surface area contributed by atoms with Gasteiger partial charge in [0.1, 0.15) is 17.5 Å². The van der Waals surface area contributed by atoms with Crippen LogP contribution in [0.4, 0.5) is 4.79 Å². The van der Waals surface area contributed by atoms with Crippen molar-refractivity contribution in [3.63, 3.8) is 0 Å². The van der Waals surface area contributed by atoms with Gasteiger partial charge < -0.3 is 30.5 Å². The van der Waals surface area contributed by atoms with Crippen LogP contribution in [0.1, 0.15) is 48.2 Å². The molecular weight excluding hydrogens is 522 g/mol. The maximum atomic E-state index is 14.0. The topological polar surface area (TPSA) is 128 Å². The number of carbonyl (C=O) groups is 3. The van der Waals surface area contributed by atoms with E-state index in [-0.39, 0.29) is 24.1 Å². The van der Waals surface area contributed by atoms with Crippen molar-refractivity contribution in [1.82, 2.24) is 15.5 Å². The number of hydrogen-bond donors (Lipinski definition) is 4. The van der Waals surface area contributed by atoms with Crippen LogP contribution < -0.4 is 15.4 Å². The van der Waals surface area contributed by atoms with Crippen molar-refractivity contribution < 1.29 is 29.3 Å². The molecule has 0 radical (unpaired) electrons. The van der Waals surface area contributed by atoms with Gasteiger partial charge in [0.05, 0.1) is 6.61 Å². The van der Waals surface area contributed by atoms with Crippen LogP contribution in [0.5, 0.6) is 11.5 Å². The number of nitrogens with one attached hydrogen (secondary N) is 2. The predicted octanol–water partition coefficient (Wildman–Crippen LogP) is 4.84. The number of rotatable bonds is 15. The molecule has 0 aliphatic carbocycles. The fraction of sp³-hybridized carbons (Fsp3) is 0.344. The monoisotopic (exact) mass is 561 g/mol. The van der Waals surface area contributed by atoms with E-state index < -0.39 is 18.0 Å². The zero-order valence-electron chi connectivity index (χ0n) is 23.6. The van der Waals surface area contributed by atoms with Crippen LogP contribution in [0, 0.1) is 5.92 Å². The number of carbonyl (C=O) groups excluding carboxylic acids is 2. The summed E-state index contributed by atoms with van der Waals surface area (Å²) < 4.78 is 5.83. The highest BCUT2D eigenvalue weighted by atomic mass is 16.5. The Bertz CT molecular complexity index is 1280. The fourth-order valence-electron chi connectivity index (χ4n) is 4.38. The summed E-state index contributed by atoms with van der Waals surface area (Å²) in [4.78, 5) is 39.8. The summed E-state index contributed by atoms with van der Waals surface area (Å²) in [7, 11) is 0. The quantitative estimate of drug-likeness (QED) is 0.197. The van der Waals surface area contributed by atoms with Crippen LogP contribution in [0.15, 0.2) is 78.9 Å². The fourth-order valence-corrected chi connectivity index (χ4v) is 4.38. The lowest BCUT2D eigenvalue weighted by Gasteiger charge is -2.31. The lowest BCUT2D eigenvalue weighted by Crippen LogP contribution is -2.52. The van der Waals surface area contributed by atoms with Gasteiger partial charge in [0.25, 0.3) is 5.91 Å². The minimum absolute atomic E-state index is 0.0648. The number of benzene rings is 3. The Morgan fingerprint density at radius 2 is 1.68 bits per heavy atom. The molecule has 4 N–H and O–H groups in total. The lowest BCUT2D eigenvalue weighted by molar-refractivity contribution is -0.134. The molecule has 0 aliphatic rings. The Balaban J connectivity index is 1.74. The van der Waals surface area contributed by atoms with Gasteiger partial charge in [-0.25, -0.2) is 4.79 Å². The van der Waals surface area contributed by atoms with Crippen molar-refractivity contribution >= 4 is 17.9 Å². The number of phenols is 1. The number of ether oxygens (including phenoxy) is 1. The molecule has 0 aliphatic heterocycles. The standard InChI is InChI=1S/C32H39N3O6/c1-3-23(2)29(34-30(37)26-13-9-11-24(21-26)22-33-32(39)40)31(38)35(19-17-25-12-7-8-16-28(25)36)18-10-20-41-27-14-5-4-6-15-27/h4-9,11-16,21,23,29,33,36H,3,10,17-20,22H2,1-2H3,(H,34,37)(H,39,40). The highest BCUT2D eigenvalue weighted by Crippen LogP contribution is 2.19. The van der Waals surface area contributed by atoms with Crippen LogP contribution in [0.3, 0.4) is 0 Å². The summed E-state index contributed by atoms with van der Waals surface area (Å²) in [6.07, 6.45) is 0.559. The second kappa shape index (κ2) is 15.9. The molecule has 3 aromatic rings. The van der Waals surface area contributed by atoms with Gasteiger partial charge in [-0.1, -0.05) is 68.8 Å². The molecule has 0 spiro atoms. The minimum atomic E-state index is -1.15. The van der Waals surface area contributed by atoms with Crippen molar-refractivity contribution in [3.05, 3.63) is 95.6 Å². The van der Waals surface area contributed by atoms with Gasteiger partial charge in [-0.2, -0.15) is 0 Å². The van der Waals surface area contributed by atoms with Crippen LogP contribution in [0.25, 0.3) is 0 Å². The summed E-state index contributed by atoms with van der Waals surface area (Å²) in [6, 6.07) is 22.4. The van der Waals surface area contributed by atoms with Crippen LogP contribution >= 0.6 is 0 Å². The van der Waals surface area contributed by atoms with E-state index in [1.807, 2.05) is 56.3 Å². The lowest BCUT2D eigenvalue weighted by atomic mass is 9.96. The number of aromatic hydroxyl groups is 1. The maximum Gasteiger partial charge on any atom is 0.404 e. The number of hydrogen-bond acceptors (Lipinski definition) is 5. The molecule has 3 aromatic carbocycles. The molecule has 0 saturated carbocycles. The van der Waals surface area contributed by atoms with E-state index in [1.54, 1.807) is 41.3 Å². The Labute approximate surface area is 241 Å². The van der Waals surface area contributed by atoms with Crippen molar-refractivity contribution in [1.29, 1.82) is 0 Å². The Morgan fingerprint density at radius 1 is 0.951 bits per heavy atom. The zero-order valence-corrected chi connectivity index (χ0v) is 23.6. The second-order valence-corrected chi connectivity index (χ2v) is 9.91. The average Bonchev–Trinajstić information content (AvgIpc) is 2.99. The number of phenolic OH excluding ortho intramolecular Hbond substituents is 1. The Morgan fingerprint density at radius 3 is 2.39 bits per heavy atom. The molecule has 0 aromatic heterocycles. The van der Waals surface area contributed by atoms with Crippen LogP contribution in [-0.4, -0.2) is 58.8 Å². The molecule has 2 atom stereocenters. The summed E-state index contributed by atoms with van der Waals surface area (Å²) in [5.41, 5.74) is 1.71. The van der Waals surface area contributed by atoms with E-state index >= 15 is 0 Å². The van der Waals surface area contributed by atoms with Gasteiger partial charge in [0, 0.05) is 25.2 Å². The third-order valence-electron chi connectivity index (χ3n) is 6.94. The molecule has 0 heterocycles. The van der Waals surface area contributed by atoms with Gasteiger partial charge in [0.15, 0.2) is 0 Å². The average molecular weight is 562 g/mol. The van der Waals surface area contributed by atoms with Gasteiger partial charge in [-0.15, -0.1) is 0 Å². The normalized spacial score (nSPS) is 12.1. The first-order chi connectivity index (χ1) is 19.8. The second-order valence-electron chi connectivity index (χ2n) is 9.91. The minimum Gasteiger partial charge on any atom is -0.508 e. The Kier molecular flexibility index (Phi) is 12.0. The van der Waals surface area contributed by atoms with Gasteiger partial charge >= 0.3 is 6.09 Å². The molecule has 0 saturated heterocycles. The van der Waals surface area contributed by atoms with Gasteiger partial charge in [0.2, 0.25) is 5.91 Å². The summed E-state index contributed by atoms with van der Waals surface area (Å²) in [6.45, 7) is 5.15. The van der Waals surface area contributed by atoms with E-state index in [2.05, 4.69) is 10.6 Å². The first-order valence-electron chi connectivity index (χ1n) is 13.9. The Hall–Kier alpha value is -4.53. The number of para-hydroxylation sites is 2. The molecule has 0 bridgehead atoms. The van der Waals surface area contributed by atoms with E-state index in [1.165, 1.54) is 0 Å². The number of nitrogens with zero attached hydrogens (tertiary/aromatic N) is 1. The highest BCUT2D eigenvalue weighted by Gasteiger charge is 2.30. The molecule has 2 unspecified atom stereocenters. The third kappa shape index (κ3) is 9.86. The SMILES string of the molecule is CCC(C)C(NC(=O)c1cccc(CNC(=O)O)c1)C(=O)N(CCCOc1ccccc1)CCc1ccccc1O. The molecular formula is C32H39N3O6. The predicted molar refractivity (Wildman–Crippen MR) is 157 cm³/mol. The first kappa shape index (κ1) is 31.0. The molecule has 41 heavy (non-hydrogen) atoms. The highest BCUT2D eigenvalue weighted by molar-refractivity contribution is 5.97. The molecule has 9 nitrogen and oxygen atoms in total. The van der Waals surface area contributed by atoms with E-state index in [4.69, 9.17) is 9.84 Å². The van der Waals surface area contributed by atoms with Crippen molar-refractivity contribution in [3.8, 4) is 11.5 Å². The van der Waals surface area contributed by atoms with Crippen LogP contribution in [0.2, 0.25) is 0 Å². The third-order valence-corrected chi connectivity index (χ3v) is 6.94. The molecule has 9 heteroatoms. The van der Waals surface area contributed by atoms with E-state index in [9.17, 15) is 19.5 Å². The van der Waals surface area contributed by atoms with Gasteiger partial charge in [-0.05, 0) is 60.2 Å². The molecule has 0 fully saturated rings. The van der Waals surface area contributed by atoms with E-state index in [0.29, 0.717) is 50.1 Å². The smallest absolute Gasteiger partial charge is 0.404 e. The largest absolute Gasteiger partial charge is 0.508 e. The molecule has 3 amide bonds. The van der Waals surface area contributed by atoms with E-state index in [0.717, 1.165) is 11.3 Å². The first-order valence-corrected chi connectivity index (χ1v) is 13.9. The van der Waals surface area contributed by atoms with Crippen LogP contribution in [-0.2, 0) is 17.8 Å². The number of amides is 3. The van der Waals surface area contributed by atoms with Crippen molar-refractivity contribution in [2.45, 2.75) is 45.7 Å². The molecule has 3 rings (SSSR count). The summed E-state index contributed by atoms with van der Waals surface area (Å²) in [5.74, 6) is 0.179. The summed E-state index contributed by atoms with van der Waals surface area (Å²) >= 11 is 0. The number of carboxylic acid groups (broad SMARTS) is 1.